The van der Waals surface area contributed by atoms with E-state index in [9.17, 15) is 19.8 Å². The molecule has 0 radical (unpaired) electrons. The van der Waals surface area contributed by atoms with Gasteiger partial charge in [-0.3, -0.25) is 0 Å². The maximum atomic E-state index is 10.9. The van der Waals surface area contributed by atoms with E-state index in [0.717, 1.165) is 0 Å². The van der Waals surface area contributed by atoms with E-state index in [1.54, 1.807) is 23.5 Å². The molecule has 17 heavy (non-hydrogen) atoms. The molecule has 1 aromatic carbocycles. The molecule has 1 aliphatic rings. The van der Waals surface area contributed by atoms with Gasteiger partial charge in [0.2, 0.25) is 0 Å². The molecular formula is C11H10NO4S-. The highest BCUT2D eigenvalue weighted by molar-refractivity contribution is 7.99. The van der Waals surface area contributed by atoms with Crippen LogP contribution in [0.3, 0.4) is 0 Å². The summed E-state index contributed by atoms with van der Waals surface area (Å²) in [5, 5.41) is 23.0. The van der Waals surface area contributed by atoms with Crippen LogP contribution in [0.25, 0.3) is 0 Å². The Hall–Kier alpha value is -1.53. The lowest BCUT2D eigenvalue weighted by Gasteiger charge is -2.15. The summed E-state index contributed by atoms with van der Waals surface area (Å²) < 4.78 is 0. The number of aliphatic carboxylic acids is 1. The maximum Gasteiger partial charge on any atom is 0.160 e. The van der Waals surface area contributed by atoms with E-state index in [1.807, 2.05) is 0 Å². The van der Waals surface area contributed by atoms with Crippen molar-refractivity contribution < 1.29 is 25.1 Å². The second-order valence-corrected chi connectivity index (χ2v) is 4.92. The third-order valence-corrected chi connectivity index (χ3v) is 3.97. The van der Waals surface area contributed by atoms with Crippen LogP contribution in [-0.4, -0.2) is 23.7 Å². The number of carboxylic acids is 2. The van der Waals surface area contributed by atoms with Gasteiger partial charge in [0, 0.05) is 11.1 Å². The number of hydrogen-bond acceptors (Lipinski definition) is 5. The number of rotatable bonds is 3. The topological polar surface area (TPSA) is 96.9 Å². The van der Waals surface area contributed by atoms with E-state index in [1.165, 1.54) is 17.8 Å². The number of quaternary nitrogens is 1. The van der Waals surface area contributed by atoms with Crippen LogP contribution in [0.4, 0.5) is 0 Å². The molecule has 0 unspecified atom stereocenters. The molecule has 5 nitrogen and oxygen atoms in total. The molecule has 2 atom stereocenters. The van der Waals surface area contributed by atoms with E-state index >= 15 is 0 Å². The summed E-state index contributed by atoms with van der Waals surface area (Å²) in [6.07, 6.45) is 0. The van der Waals surface area contributed by atoms with Crippen molar-refractivity contribution >= 4 is 23.7 Å². The molecule has 0 spiro atoms. The van der Waals surface area contributed by atoms with Crippen LogP contribution in [0.5, 0.6) is 0 Å². The van der Waals surface area contributed by atoms with Gasteiger partial charge in [-0.25, -0.2) is 0 Å². The SMILES string of the molecule is O=C([O-])c1ccccc1[C@H]1[NH2+][C@H](C(=O)[O-])CS1. The van der Waals surface area contributed by atoms with Crippen molar-refractivity contribution in [1.82, 2.24) is 0 Å². The Morgan fingerprint density at radius 3 is 2.59 bits per heavy atom. The van der Waals surface area contributed by atoms with E-state index in [-0.39, 0.29) is 10.9 Å². The number of carbonyl (C=O) groups is 2. The average molecular weight is 252 g/mol. The molecule has 1 fully saturated rings. The molecule has 2 N–H and O–H groups in total. The first-order chi connectivity index (χ1) is 8.09. The lowest BCUT2D eigenvalue weighted by Crippen LogP contribution is -2.90. The third-order valence-electron chi connectivity index (χ3n) is 2.65. The van der Waals surface area contributed by atoms with Crippen LogP contribution in [0.15, 0.2) is 24.3 Å². The number of hydrogen-bond donors (Lipinski definition) is 1. The molecule has 1 aliphatic heterocycles. The average Bonchev–Trinajstić information content (AvgIpc) is 2.78. The first kappa shape index (κ1) is 11.9. The molecule has 1 heterocycles. The molecular weight excluding hydrogens is 242 g/mol. The van der Waals surface area contributed by atoms with Crippen LogP contribution >= 0.6 is 11.8 Å². The second-order valence-electron chi connectivity index (χ2n) is 3.75. The fourth-order valence-electron chi connectivity index (χ4n) is 1.80. The highest BCUT2D eigenvalue weighted by Crippen LogP contribution is 2.28. The number of benzene rings is 1. The summed E-state index contributed by atoms with van der Waals surface area (Å²) in [7, 11) is 0. The van der Waals surface area contributed by atoms with Gasteiger partial charge in [0.25, 0.3) is 0 Å². The first-order valence-corrected chi connectivity index (χ1v) is 6.12. The Morgan fingerprint density at radius 2 is 2.00 bits per heavy atom. The van der Waals surface area contributed by atoms with Gasteiger partial charge in [-0.05, 0) is 0 Å². The Bertz CT molecular complexity index is 463. The van der Waals surface area contributed by atoms with Gasteiger partial charge in [-0.2, -0.15) is 0 Å². The molecule has 0 aliphatic carbocycles. The number of carboxylic acid groups (broad SMARTS) is 2. The maximum absolute atomic E-state index is 10.9. The Morgan fingerprint density at radius 1 is 1.29 bits per heavy atom. The van der Waals surface area contributed by atoms with E-state index in [2.05, 4.69) is 0 Å². The number of nitrogens with two attached hydrogens (primary N) is 1. The van der Waals surface area contributed by atoms with Crippen LogP contribution in [0.1, 0.15) is 21.3 Å². The minimum absolute atomic E-state index is 0.111. The van der Waals surface area contributed by atoms with Crippen LogP contribution in [0.2, 0.25) is 0 Å². The van der Waals surface area contributed by atoms with Crippen molar-refractivity contribution in [1.29, 1.82) is 0 Å². The zero-order chi connectivity index (χ0) is 12.4. The first-order valence-electron chi connectivity index (χ1n) is 5.07. The largest absolute Gasteiger partial charge is 0.545 e. The summed E-state index contributed by atoms with van der Waals surface area (Å²) in [4.78, 5) is 21.6. The predicted octanol–water partition coefficient (Wildman–Crippen LogP) is -2.52. The Balaban J connectivity index is 2.24. The summed E-state index contributed by atoms with van der Waals surface area (Å²) in [5.74, 6) is -1.95. The van der Waals surface area contributed by atoms with Gasteiger partial charge in [0.15, 0.2) is 5.37 Å². The number of aromatic carboxylic acids is 1. The number of thioether (sulfide) groups is 1. The molecule has 90 valence electrons. The summed E-state index contributed by atoms with van der Waals surface area (Å²) in [6.45, 7) is 0. The van der Waals surface area contributed by atoms with Gasteiger partial charge in [0.1, 0.15) is 12.0 Å². The summed E-state index contributed by atoms with van der Waals surface area (Å²) >= 11 is 1.40. The third kappa shape index (κ3) is 2.42. The van der Waals surface area contributed by atoms with E-state index in [4.69, 9.17) is 0 Å². The normalized spacial score (nSPS) is 23.5. The predicted molar refractivity (Wildman–Crippen MR) is 56.7 cm³/mol. The molecule has 6 heteroatoms. The highest BCUT2D eigenvalue weighted by Gasteiger charge is 2.32. The van der Waals surface area contributed by atoms with Gasteiger partial charge in [0.05, 0.1) is 11.7 Å². The Labute approximate surface area is 102 Å². The smallest absolute Gasteiger partial charge is 0.160 e. The fraction of sp³-hybridized carbons (Fsp3) is 0.273. The Kier molecular flexibility index (Phi) is 3.35. The lowest BCUT2D eigenvalue weighted by molar-refractivity contribution is -0.690. The fourth-order valence-corrected chi connectivity index (χ4v) is 3.15. The van der Waals surface area contributed by atoms with Gasteiger partial charge in [-0.1, -0.05) is 36.0 Å². The molecule has 1 saturated heterocycles. The van der Waals surface area contributed by atoms with Crippen molar-refractivity contribution in [3.05, 3.63) is 35.4 Å². The molecule has 2 rings (SSSR count). The minimum Gasteiger partial charge on any atom is -0.545 e. The van der Waals surface area contributed by atoms with Gasteiger partial charge in [-0.15, -0.1) is 0 Å². The lowest BCUT2D eigenvalue weighted by atomic mass is 10.1. The minimum atomic E-state index is -1.24. The standard InChI is InChI=1S/C11H11NO4S/c13-10(14)7-4-2-1-3-6(7)9-12-8(5-17-9)11(15)16/h1-4,8-9,12H,5H2,(H,13,14)(H,15,16)/p-1/t8-,9-/m0/s1. The summed E-state index contributed by atoms with van der Waals surface area (Å²) in [5.41, 5.74) is 0.696. The van der Waals surface area contributed by atoms with Crippen molar-refractivity contribution in [3.8, 4) is 0 Å². The van der Waals surface area contributed by atoms with Crippen LogP contribution in [0, 0.1) is 0 Å². The molecule has 0 saturated carbocycles. The molecule has 0 amide bonds. The van der Waals surface area contributed by atoms with Gasteiger partial charge < -0.3 is 25.1 Å². The number of carbonyl (C=O) groups excluding carboxylic acids is 2. The van der Waals surface area contributed by atoms with Crippen LogP contribution < -0.4 is 15.5 Å². The monoisotopic (exact) mass is 252 g/mol. The quantitative estimate of drug-likeness (QED) is 0.640. The zero-order valence-electron chi connectivity index (χ0n) is 8.79. The van der Waals surface area contributed by atoms with E-state index < -0.39 is 18.0 Å². The molecule has 0 aromatic heterocycles. The van der Waals surface area contributed by atoms with E-state index in [0.29, 0.717) is 11.3 Å². The molecule has 1 aromatic rings. The summed E-state index contributed by atoms with van der Waals surface area (Å²) in [6, 6.07) is 5.86. The van der Waals surface area contributed by atoms with Crippen molar-refractivity contribution in [2.75, 3.05) is 5.75 Å². The van der Waals surface area contributed by atoms with Crippen LogP contribution in [-0.2, 0) is 4.79 Å². The zero-order valence-corrected chi connectivity index (χ0v) is 9.61. The van der Waals surface area contributed by atoms with Gasteiger partial charge >= 0.3 is 0 Å². The molecule has 0 bridgehead atoms. The van der Waals surface area contributed by atoms with Crippen molar-refractivity contribution in [2.24, 2.45) is 0 Å². The van der Waals surface area contributed by atoms with Crippen molar-refractivity contribution in [3.63, 3.8) is 0 Å². The second kappa shape index (κ2) is 4.77. The van der Waals surface area contributed by atoms with Crippen molar-refractivity contribution in [2.45, 2.75) is 11.4 Å². The highest BCUT2D eigenvalue weighted by atomic mass is 32.2.